The van der Waals surface area contributed by atoms with Crippen LogP contribution in [-0.4, -0.2) is 37.1 Å². The quantitative estimate of drug-likeness (QED) is 0.580. The molecule has 16 heavy (non-hydrogen) atoms. The van der Waals surface area contributed by atoms with Crippen LogP contribution in [0.4, 0.5) is 0 Å². The highest BCUT2D eigenvalue weighted by Gasteiger charge is 2.03. The van der Waals surface area contributed by atoms with Crippen LogP contribution in [0, 0.1) is 11.3 Å². The molecule has 1 atom stereocenters. The summed E-state index contributed by atoms with van der Waals surface area (Å²) in [5, 5.41) is 11.9. The maximum Gasteiger partial charge on any atom is 0.0622 e. The molecule has 0 fully saturated rings. The summed E-state index contributed by atoms with van der Waals surface area (Å²) in [6, 6.07) is 2.75. The molecule has 3 nitrogen and oxygen atoms in total. The normalized spacial score (nSPS) is 12.7. The van der Waals surface area contributed by atoms with E-state index in [9.17, 15) is 0 Å². The molecular weight excluding hydrogens is 198 g/mol. The van der Waals surface area contributed by atoms with Crippen LogP contribution in [0.1, 0.15) is 46.5 Å². The number of hydrogen-bond donors (Lipinski definition) is 1. The fourth-order valence-corrected chi connectivity index (χ4v) is 1.78. The van der Waals surface area contributed by atoms with Gasteiger partial charge in [-0.1, -0.05) is 13.8 Å². The fourth-order valence-electron chi connectivity index (χ4n) is 1.78. The molecular formula is C13H27N3. The molecule has 3 heteroatoms. The summed E-state index contributed by atoms with van der Waals surface area (Å²) in [5.41, 5.74) is 0. The molecule has 0 saturated carbocycles. The molecule has 0 aromatic carbocycles. The molecule has 0 amide bonds. The zero-order valence-corrected chi connectivity index (χ0v) is 11.1. The van der Waals surface area contributed by atoms with Crippen molar-refractivity contribution in [2.45, 2.75) is 52.5 Å². The maximum atomic E-state index is 8.40. The molecule has 0 rings (SSSR count). The van der Waals surface area contributed by atoms with Crippen molar-refractivity contribution < 1.29 is 0 Å². The lowest BCUT2D eigenvalue weighted by Crippen LogP contribution is -2.29. The Labute approximate surface area is 101 Å². The first-order chi connectivity index (χ1) is 7.74. The van der Waals surface area contributed by atoms with Gasteiger partial charge in [0.15, 0.2) is 0 Å². The molecule has 0 aliphatic rings. The first-order valence-corrected chi connectivity index (χ1v) is 6.57. The summed E-state index contributed by atoms with van der Waals surface area (Å²) in [6.07, 6.45) is 4.12. The Morgan fingerprint density at radius 2 is 1.94 bits per heavy atom. The van der Waals surface area contributed by atoms with Gasteiger partial charge in [0.05, 0.1) is 6.07 Å². The lowest BCUT2D eigenvalue weighted by molar-refractivity contribution is 0.290. The largest absolute Gasteiger partial charge is 0.314 e. The van der Waals surface area contributed by atoms with Gasteiger partial charge in [-0.15, -0.1) is 0 Å². The van der Waals surface area contributed by atoms with E-state index in [0.717, 1.165) is 26.1 Å². The van der Waals surface area contributed by atoms with Gasteiger partial charge in [0.2, 0.25) is 0 Å². The minimum absolute atomic E-state index is 0.578. The van der Waals surface area contributed by atoms with Crippen LogP contribution < -0.4 is 5.32 Å². The Bertz CT molecular complexity index is 182. The van der Waals surface area contributed by atoms with E-state index >= 15 is 0 Å². The van der Waals surface area contributed by atoms with Crippen LogP contribution in [0.5, 0.6) is 0 Å². The Hall–Kier alpha value is -0.590. The van der Waals surface area contributed by atoms with Crippen LogP contribution >= 0.6 is 0 Å². The number of nitriles is 1. The van der Waals surface area contributed by atoms with Crippen molar-refractivity contribution in [1.82, 2.24) is 10.2 Å². The highest BCUT2D eigenvalue weighted by atomic mass is 15.1. The average molecular weight is 225 g/mol. The summed E-state index contributed by atoms with van der Waals surface area (Å²) in [4.78, 5) is 2.46. The summed E-state index contributed by atoms with van der Waals surface area (Å²) in [6.45, 7) is 11.1. The van der Waals surface area contributed by atoms with E-state index in [-0.39, 0.29) is 0 Å². The second-order valence-corrected chi connectivity index (χ2v) is 4.29. The van der Waals surface area contributed by atoms with Crippen molar-refractivity contribution >= 4 is 0 Å². The number of nitrogens with one attached hydrogen (secondary N) is 1. The lowest BCUT2D eigenvalue weighted by Gasteiger charge is -2.19. The Morgan fingerprint density at radius 3 is 2.50 bits per heavy atom. The van der Waals surface area contributed by atoms with Crippen LogP contribution in [0.25, 0.3) is 0 Å². The third-order valence-corrected chi connectivity index (χ3v) is 2.96. The molecule has 0 aromatic heterocycles. The van der Waals surface area contributed by atoms with Gasteiger partial charge >= 0.3 is 0 Å². The van der Waals surface area contributed by atoms with Gasteiger partial charge in [-0.05, 0) is 52.4 Å². The smallest absolute Gasteiger partial charge is 0.0622 e. The van der Waals surface area contributed by atoms with Crippen LogP contribution in [0.3, 0.4) is 0 Å². The maximum absolute atomic E-state index is 8.40. The van der Waals surface area contributed by atoms with Gasteiger partial charge in [-0.2, -0.15) is 5.26 Å². The minimum atomic E-state index is 0.578. The van der Waals surface area contributed by atoms with Gasteiger partial charge in [-0.25, -0.2) is 0 Å². The Kier molecular flexibility index (Phi) is 10.5. The zero-order valence-electron chi connectivity index (χ0n) is 11.1. The summed E-state index contributed by atoms with van der Waals surface area (Å²) >= 11 is 0. The average Bonchev–Trinajstić information content (AvgIpc) is 2.30. The van der Waals surface area contributed by atoms with Crippen molar-refractivity contribution in [3.8, 4) is 6.07 Å². The fraction of sp³-hybridized carbons (Fsp3) is 0.923. The Morgan fingerprint density at radius 1 is 1.25 bits per heavy atom. The van der Waals surface area contributed by atoms with Crippen molar-refractivity contribution in [2.75, 3.05) is 26.2 Å². The van der Waals surface area contributed by atoms with Gasteiger partial charge in [0.1, 0.15) is 0 Å². The van der Waals surface area contributed by atoms with E-state index < -0.39 is 0 Å². The van der Waals surface area contributed by atoms with Crippen LogP contribution in [0.15, 0.2) is 0 Å². The molecule has 0 spiro atoms. The number of unbranched alkanes of at least 4 members (excludes halogenated alkanes) is 1. The molecule has 1 N–H and O–H groups in total. The first-order valence-electron chi connectivity index (χ1n) is 6.57. The van der Waals surface area contributed by atoms with Crippen LogP contribution in [-0.2, 0) is 0 Å². The summed E-state index contributed by atoms with van der Waals surface area (Å²) in [5.74, 6) is 0. The monoisotopic (exact) mass is 225 g/mol. The molecule has 0 heterocycles. The van der Waals surface area contributed by atoms with Crippen molar-refractivity contribution in [1.29, 1.82) is 5.26 Å². The third-order valence-electron chi connectivity index (χ3n) is 2.96. The molecule has 0 saturated heterocycles. The zero-order chi connectivity index (χ0) is 12.2. The molecule has 94 valence electrons. The molecule has 1 unspecified atom stereocenters. The predicted octanol–water partition coefficient (Wildman–Crippen LogP) is 2.39. The highest BCUT2D eigenvalue weighted by molar-refractivity contribution is 4.70. The molecule has 0 bridgehead atoms. The van der Waals surface area contributed by atoms with Crippen molar-refractivity contribution in [3.63, 3.8) is 0 Å². The van der Waals surface area contributed by atoms with Crippen molar-refractivity contribution in [3.05, 3.63) is 0 Å². The first kappa shape index (κ1) is 15.4. The van der Waals surface area contributed by atoms with Crippen LogP contribution in [0.2, 0.25) is 0 Å². The number of rotatable bonds is 10. The summed E-state index contributed by atoms with van der Waals surface area (Å²) < 4.78 is 0. The van der Waals surface area contributed by atoms with E-state index in [0.29, 0.717) is 12.5 Å². The third kappa shape index (κ3) is 8.70. The molecule has 0 aromatic rings. The minimum Gasteiger partial charge on any atom is -0.314 e. The van der Waals surface area contributed by atoms with Gasteiger partial charge in [0, 0.05) is 12.5 Å². The second kappa shape index (κ2) is 10.9. The van der Waals surface area contributed by atoms with E-state index in [2.05, 4.69) is 37.1 Å². The predicted molar refractivity (Wildman–Crippen MR) is 69.3 cm³/mol. The SMILES string of the molecule is CCN(CC)CCCC(C)NCCCC#N. The number of nitrogens with zero attached hydrogens (tertiary/aromatic N) is 2. The van der Waals surface area contributed by atoms with E-state index in [1.807, 2.05) is 0 Å². The molecule has 0 radical (unpaired) electrons. The highest BCUT2D eigenvalue weighted by Crippen LogP contribution is 1.99. The lowest BCUT2D eigenvalue weighted by atomic mass is 10.1. The van der Waals surface area contributed by atoms with Gasteiger partial charge < -0.3 is 10.2 Å². The summed E-state index contributed by atoms with van der Waals surface area (Å²) in [7, 11) is 0. The Balaban J connectivity index is 3.36. The van der Waals surface area contributed by atoms with Gasteiger partial charge in [-0.3, -0.25) is 0 Å². The second-order valence-electron chi connectivity index (χ2n) is 4.29. The molecule has 0 aliphatic carbocycles. The van der Waals surface area contributed by atoms with E-state index in [1.165, 1.54) is 19.4 Å². The van der Waals surface area contributed by atoms with Crippen molar-refractivity contribution in [2.24, 2.45) is 0 Å². The topological polar surface area (TPSA) is 39.1 Å². The van der Waals surface area contributed by atoms with E-state index in [1.54, 1.807) is 0 Å². The molecule has 0 aliphatic heterocycles. The standard InChI is InChI=1S/C13H27N3/c1-4-16(5-2)12-8-9-13(3)15-11-7-6-10-14/h13,15H,4-9,11-12H2,1-3H3. The number of hydrogen-bond acceptors (Lipinski definition) is 3. The van der Waals surface area contributed by atoms with E-state index in [4.69, 9.17) is 5.26 Å². The van der Waals surface area contributed by atoms with Gasteiger partial charge in [0.25, 0.3) is 0 Å².